The van der Waals surface area contributed by atoms with Gasteiger partial charge in [-0.15, -0.1) is 0 Å². The number of hydrogen-bond acceptors (Lipinski definition) is 20. The molecule has 0 spiro atoms. The number of nitrogens with one attached hydrogen (secondary N) is 1. The minimum Gasteiger partial charge on any atom is -0.481 e. The Hall–Kier alpha value is -9.91. The lowest BCUT2D eigenvalue weighted by Gasteiger charge is -2.29. The normalized spacial score (nSPS) is 35.2. The van der Waals surface area contributed by atoms with Crippen molar-refractivity contribution >= 4 is 71.5 Å². The molecule has 8 unspecified atom stereocenters. The molecule has 7 N–H and O–H groups in total. The number of rotatable bonds is 29. The molecule has 18 aliphatic carbocycles. The Kier molecular flexibility index (Phi) is 38.0. The van der Waals surface area contributed by atoms with E-state index in [9.17, 15) is 67.7 Å². The van der Waals surface area contributed by atoms with E-state index in [2.05, 4.69) is 62.4 Å². The number of amides is 1. The Morgan fingerprint density at radius 2 is 0.711 bits per heavy atom. The minimum atomic E-state index is -0.947. The van der Waals surface area contributed by atoms with Gasteiger partial charge in [0.1, 0.15) is 17.4 Å². The van der Waals surface area contributed by atoms with Gasteiger partial charge in [-0.2, -0.15) is 5.26 Å². The van der Waals surface area contributed by atoms with E-state index in [1.54, 1.807) is 13.0 Å². The van der Waals surface area contributed by atoms with Gasteiger partial charge in [0, 0.05) is 31.7 Å². The van der Waals surface area contributed by atoms with Crippen molar-refractivity contribution in [1.82, 2.24) is 5.32 Å². The lowest BCUT2D eigenvalue weighted by molar-refractivity contribution is -0.147. The topological polar surface area (TPSA) is 410 Å². The van der Waals surface area contributed by atoms with E-state index in [0.717, 1.165) is 216 Å². The molecule has 1 amide bonds. The van der Waals surface area contributed by atoms with Gasteiger partial charge in [0.25, 0.3) is 0 Å². The second-order valence-corrected chi connectivity index (χ2v) is 47.4. The van der Waals surface area contributed by atoms with E-state index in [0.29, 0.717) is 81.4 Å². The molecular weight excluding hydrogens is 1800 g/mol. The van der Waals surface area contributed by atoms with Crippen LogP contribution in [0.1, 0.15) is 307 Å². The van der Waals surface area contributed by atoms with Crippen LogP contribution in [0.3, 0.4) is 0 Å². The number of nitrogens with two attached hydrogens (primary N) is 1. The van der Waals surface area contributed by atoms with Crippen molar-refractivity contribution in [2.24, 2.45) is 155 Å². The van der Waals surface area contributed by atoms with Crippen molar-refractivity contribution in [3.05, 3.63) is 130 Å². The fourth-order valence-electron chi connectivity index (χ4n) is 30.0. The van der Waals surface area contributed by atoms with Crippen molar-refractivity contribution in [2.75, 3.05) is 54.7 Å². The first-order valence-electron chi connectivity index (χ1n) is 53.5. The number of isocyanates is 1. The number of Topliss-reactive ketones (excluding diaryl/α,β-unsaturated/α-hetero) is 1. The van der Waals surface area contributed by atoms with E-state index >= 15 is 0 Å². The number of carboxylic acids is 4. The predicted molar refractivity (Wildman–Crippen MR) is 533 cm³/mol. The number of nitrogens with zero attached hydrogens (tertiary/aromatic N) is 3. The molecule has 0 aliphatic heterocycles. The minimum absolute atomic E-state index is 0.0199. The summed E-state index contributed by atoms with van der Waals surface area (Å²) in [5.41, 5.74) is 10.1. The van der Waals surface area contributed by atoms with Gasteiger partial charge in [0.05, 0.1) is 92.0 Å². The van der Waals surface area contributed by atoms with Gasteiger partial charge in [0.15, 0.2) is 0 Å². The molecule has 26 atom stereocenters. The van der Waals surface area contributed by atoms with Crippen LogP contribution in [-0.4, -0.2) is 153 Å². The molecule has 774 valence electrons. The maximum Gasteiger partial charge on any atom is 0.388 e. The summed E-state index contributed by atoms with van der Waals surface area (Å²) in [4.78, 5) is 141. The number of aliphatic imine (C=N–C) groups is 1. The third-order valence-corrected chi connectivity index (χ3v) is 38.2. The molecule has 26 nitrogen and oxygen atoms in total. The first kappa shape index (κ1) is 109. The number of esters is 5. The van der Waals surface area contributed by atoms with Gasteiger partial charge < -0.3 is 60.0 Å². The summed E-state index contributed by atoms with van der Waals surface area (Å²) in [6.07, 6.45) is 48.0. The van der Waals surface area contributed by atoms with Crippen LogP contribution in [-0.2, 0) is 100 Å². The second kappa shape index (κ2) is 49.3. The number of ketones is 1. The van der Waals surface area contributed by atoms with Gasteiger partial charge in [-0.05, 0) is 407 Å². The van der Waals surface area contributed by atoms with Gasteiger partial charge in [-0.25, -0.2) is 25.9 Å². The Morgan fingerprint density at radius 1 is 0.423 bits per heavy atom. The quantitative estimate of drug-likeness (QED) is 0.00715. The number of carboxylic acid groups (broad SMARTS) is 4. The van der Waals surface area contributed by atoms with E-state index in [4.69, 9.17) is 46.7 Å². The van der Waals surface area contributed by atoms with Crippen LogP contribution in [0.5, 0.6) is 0 Å². The van der Waals surface area contributed by atoms with Crippen molar-refractivity contribution in [2.45, 2.75) is 315 Å². The molecular formula is C116H159N5O21. The lowest BCUT2D eigenvalue weighted by Crippen LogP contribution is -2.38. The highest BCUT2D eigenvalue weighted by atomic mass is 16.5. The lowest BCUT2D eigenvalue weighted by atomic mass is 9.73. The summed E-state index contributed by atoms with van der Waals surface area (Å²) >= 11 is 0. The number of allylic oxidation sites excluding steroid dienone is 1. The fraction of sp³-hybridized carbons (Fsp3) is 0.707. The van der Waals surface area contributed by atoms with Crippen LogP contribution in [0.4, 0.5) is 0 Å². The summed E-state index contributed by atoms with van der Waals surface area (Å²) < 4.78 is 24.0. The highest BCUT2D eigenvalue weighted by Crippen LogP contribution is 2.65. The van der Waals surface area contributed by atoms with E-state index in [1.807, 2.05) is 54.6 Å². The van der Waals surface area contributed by atoms with Gasteiger partial charge in [0.2, 0.25) is 12.0 Å². The largest absolute Gasteiger partial charge is 0.481 e. The SMILES string of the molecule is CCOC(=O)C(C#N)=C1C[C@H]2CC[C@H]2C1.COC(=O)CC1(CC(=O)O)C[C@H]2CC[C@H]2C1.COC(=O)CC1(CN=C=O)C[C@H]2CC[C@H]2C1.COC(=O)CC1(CNC(C)=O)C[C@H]2CC[C@H]2C1.COC(=O)CC1(Cc2ccccc2)C[C@H]2CC[C@H]2C1.NCC1(CC(=O)O)C[C@H]2CC[C@H]2C1.O=C(O)CC1(Cc2ccccc2)C[C@H]2CC[C@H]2C1.O=C1C[C@H]2CC[C@H]2C1.[C-]#[N+]C(C(=O)O)C1(Cc2ccccc2)C[C@H]2CC[C@H]2C1. The van der Waals surface area contributed by atoms with Crippen molar-refractivity contribution in [3.8, 4) is 6.07 Å². The van der Waals surface area contributed by atoms with Crippen LogP contribution in [0, 0.1) is 162 Å². The summed E-state index contributed by atoms with van der Waals surface area (Å²) in [6.45, 7) is 12.6. The van der Waals surface area contributed by atoms with Crippen LogP contribution < -0.4 is 11.1 Å². The van der Waals surface area contributed by atoms with Crippen molar-refractivity contribution in [3.63, 3.8) is 0 Å². The van der Waals surface area contributed by atoms with Crippen LogP contribution >= 0.6 is 0 Å². The number of methoxy groups -OCH3 is 4. The molecule has 18 saturated carbocycles. The molecule has 0 radical (unpaired) electrons. The van der Waals surface area contributed by atoms with E-state index in [-0.39, 0.29) is 92.5 Å². The highest BCUT2D eigenvalue weighted by Gasteiger charge is 2.60. The zero-order valence-corrected chi connectivity index (χ0v) is 85.1. The zero-order chi connectivity index (χ0) is 102. The molecule has 21 rings (SSSR count). The molecule has 0 bridgehead atoms. The number of aliphatic carboxylic acids is 4. The van der Waals surface area contributed by atoms with Crippen molar-refractivity contribution < 1.29 is 102 Å². The van der Waals surface area contributed by atoms with Gasteiger partial charge in [-0.3, -0.25) is 43.2 Å². The molecule has 142 heavy (non-hydrogen) atoms. The predicted octanol–water partition coefficient (Wildman–Crippen LogP) is 20.3. The smallest absolute Gasteiger partial charge is 0.388 e. The van der Waals surface area contributed by atoms with Crippen LogP contribution in [0.2, 0.25) is 0 Å². The first-order chi connectivity index (χ1) is 68.1. The molecule has 0 aromatic heterocycles. The second-order valence-electron chi connectivity index (χ2n) is 47.4. The summed E-state index contributed by atoms with van der Waals surface area (Å²) in [7, 11) is 5.70. The fourth-order valence-corrected chi connectivity index (χ4v) is 30.0. The average Bonchev–Trinajstić information content (AvgIpc) is 1.59. The van der Waals surface area contributed by atoms with Crippen LogP contribution in [0.15, 0.2) is 107 Å². The Morgan fingerprint density at radius 3 is 1.01 bits per heavy atom. The Bertz CT molecular complexity index is 4870. The standard InChI is InChI=1S/C17H19NO2.C17H22O2.C16H20O2.C13H21NO3.C12H17NO3.C12H15NO2.C12H18O4.C10H17NO2.C7H10O/c1-18-15(16(19)20)17(9-12-5-3-2-4-6-12)10-13-7-8-14(13)11-17;1-19-16(18)12-17(9-13-5-3-2-4-6-13)10-14-7-8-15(14)11-17;17-15(18)11-16(8-12-4-2-1-3-5-12)9-13-6-7-14(13)10-16;1-9(15)14-8-13(7-12(16)17-2)5-10-3-4-11(10)6-13;1-16-11(15)6-12(7-13-8-14)4-9-2-3-10(9)5-12;1-2-15-12(14)11(7-13)10-5-8-3-4-9(8)6-10;1-16-11(15)7-12(6-10(13)14)4-8-2-3-9(8)5-12;11-6-10(5-9(12)13)3-7-1-2-8(7)4-10;8-7-3-5-1-2-6(5)4-7/h2-6,13-15H,7-11H2,(H,19,20);2-6,14-15H,7-12H2,1H3;1-5,13-14H,6-11H2,(H,17,18);10-11H,3-8H2,1-2H3,(H,14,15);9-10H,2-7H2,1H3;8-9H,2-6H2,1H3;8-9H,2-7H2,1H3,(H,13,14);7-8H,1-6,11H2,(H,12,13);5-6H,1-4H2/t13-,14+,15?,17?;14-,15+,17?;13-,14+,16?;10-,11+,13?;9-,10+,12?;8-,9+;8-,9+,12?;7-,8+,10?;5-,6+. The van der Waals surface area contributed by atoms with Gasteiger partial charge >= 0.3 is 59.8 Å². The maximum atomic E-state index is 11.8. The summed E-state index contributed by atoms with van der Waals surface area (Å²) in [5.74, 6) is 10.0. The molecule has 18 aliphatic rings. The third-order valence-electron chi connectivity index (χ3n) is 38.2. The molecule has 0 saturated heterocycles. The average molecular weight is 1960 g/mol. The first-order valence-corrected chi connectivity index (χ1v) is 53.5. The molecule has 0 heterocycles. The van der Waals surface area contributed by atoms with Crippen LogP contribution in [0.25, 0.3) is 4.85 Å². The van der Waals surface area contributed by atoms with E-state index < -0.39 is 35.9 Å². The molecule has 3 aromatic carbocycles. The number of carbonyl (C=O) groups is 11. The third kappa shape index (κ3) is 28.0. The number of ether oxygens (including phenoxy) is 5. The van der Waals surface area contributed by atoms with Gasteiger partial charge in [-0.1, -0.05) is 91.0 Å². The molecule has 3 aromatic rings. The number of carbonyl (C=O) groups excluding carboxylic acids is 8. The van der Waals surface area contributed by atoms with E-state index in [1.165, 1.54) is 175 Å². The molecule has 18 fully saturated rings. The number of benzene rings is 3. The maximum absolute atomic E-state index is 11.8. The summed E-state index contributed by atoms with van der Waals surface area (Å²) in [5, 5.41) is 48.3. The summed E-state index contributed by atoms with van der Waals surface area (Å²) in [6, 6.07) is 32.1. The number of hydrogen-bond donors (Lipinski definition) is 6. The number of fused-ring (bicyclic) bond motifs is 9. The Balaban J connectivity index is 0.000000135. The highest BCUT2D eigenvalue weighted by molar-refractivity contribution is 5.94. The van der Waals surface area contributed by atoms with Crippen molar-refractivity contribution in [1.29, 1.82) is 5.26 Å². The molecule has 26 heteroatoms. The zero-order valence-electron chi connectivity index (χ0n) is 85.1. The number of nitriles is 1. The Labute approximate surface area is 840 Å². The monoisotopic (exact) mass is 1960 g/mol.